The largest absolute Gasteiger partial charge is 0.508 e. The zero-order valence-electron chi connectivity index (χ0n) is 18.7. The van der Waals surface area contributed by atoms with Crippen molar-refractivity contribution >= 4 is 17.3 Å². The molecule has 1 aliphatic rings. The first-order valence-electron chi connectivity index (χ1n) is 11.0. The summed E-state index contributed by atoms with van der Waals surface area (Å²) in [4.78, 5) is 4.60. The molecule has 6 nitrogen and oxygen atoms in total. The number of hydrogen-bond donors (Lipinski definition) is 2. The summed E-state index contributed by atoms with van der Waals surface area (Å²) in [5.41, 5.74) is 0.182. The Labute approximate surface area is 199 Å². The Bertz CT molecular complexity index is 1020. The number of rotatable bonds is 8. The summed E-state index contributed by atoms with van der Waals surface area (Å²) < 4.78 is 11.6. The molecule has 33 heavy (non-hydrogen) atoms. The van der Waals surface area contributed by atoms with Crippen LogP contribution in [0.1, 0.15) is 6.92 Å². The fourth-order valence-corrected chi connectivity index (χ4v) is 3.96. The molecule has 0 aromatic heterocycles. The number of ether oxygens (including phenoxy) is 2. The minimum atomic E-state index is -0.972. The Morgan fingerprint density at radius 2 is 1.36 bits per heavy atom. The third-order valence-corrected chi connectivity index (χ3v) is 5.83. The number of halogens is 1. The highest BCUT2D eigenvalue weighted by molar-refractivity contribution is 6.30. The van der Waals surface area contributed by atoms with Gasteiger partial charge in [0, 0.05) is 43.4 Å². The molecule has 0 bridgehead atoms. The lowest BCUT2D eigenvalue weighted by molar-refractivity contribution is -0.0184. The minimum Gasteiger partial charge on any atom is -0.508 e. The Morgan fingerprint density at radius 1 is 0.818 bits per heavy atom. The molecule has 3 aromatic rings. The third-order valence-electron chi connectivity index (χ3n) is 5.57. The van der Waals surface area contributed by atoms with Gasteiger partial charge in [-0.15, -0.1) is 0 Å². The average Bonchev–Trinajstić information content (AvgIpc) is 2.81. The van der Waals surface area contributed by atoms with Crippen LogP contribution in [0.2, 0.25) is 5.02 Å². The zero-order chi connectivity index (χ0) is 23.3. The van der Waals surface area contributed by atoms with Crippen molar-refractivity contribution in [3.8, 4) is 23.0 Å². The van der Waals surface area contributed by atoms with Crippen molar-refractivity contribution in [3.05, 3.63) is 77.8 Å². The average molecular weight is 469 g/mol. The normalized spacial score (nSPS) is 16.3. The van der Waals surface area contributed by atoms with Crippen LogP contribution in [0.4, 0.5) is 5.69 Å². The minimum absolute atomic E-state index is 0.188. The number of anilines is 1. The topological polar surface area (TPSA) is 65.4 Å². The smallest absolute Gasteiger partial charge is 0.127 e. The summed E-state index contributed by atoms with van der Waals surface area (Å²) in [6, 6.07) is 21.9. The van der Waals surface area contributed by atoms with Crippen LogP contribution in [0, 0.1) is 0 Å². The highest BCUT2D eigenvalue weighted by Crippen LogP contribution is 2.26. The Kier molecular flexibility index (Phi) is 7.28. The first-order valence-corrected chi connectivity index (χ1v) is 11.4. The predicted octanol–water partition coefficient (Wildman–Crippen LogP) is 4.79. The van der Waals surface area contributed by atoms with E-state index in [4.69, 9.17) is 21.1 Å². The molecule has 3 aromatic carbocycles. The van der Waals surface area contributed by atoms with Gasteiger partial charge in [-0.25, -0.2) is 0 Å². The molecular weight excluding hydrogens is 440 g/mol. The van der Waals surface area contributed by atoms with Crippen LogP contribution < -0.4 is 14.4 Å². The van der Waals surface area contributed by atoms with E-state index in [2.05, 4.69) is 21.9 Å². The lowest BCUT2D eigenvalue weighted by Crippen LogP contribution is -2.52. The molecule has 4 rings (SSSR count). The molecule has 1 fully saturated rings. The van der Waals surface area contributed by atoms with E-state index in [0.717, 1.165) is 43.4 Å². The molecule has 0 radical (unpaired) electrons. The molecule has 1 saturated heterocycles. The summed E-state index contributed by atoms with van der Waals surface area (Å²) >= 11 is 5.92. The van der Waals surface area contributed by atoms with Gasteiger partial charge in [-0.05, 0) is 79.7 Å². The predicted molar refractivity (Wildman–Crippen MR) is 131 cm³/mol. The van der Waals surface area contributed by atoms with Crippen molar-refractivity contribution in [1.82, 2.24) is 4.90 Å². The zero-order valence-corrected chi connectivity index (χ0v) is 19.4. The van der Waals surface area contributed by atoms with Crippen LogP contribution in [0.25, 0.3) is 0 Å². The van der Waals surface area contributed by atoms with Gasteiger partial charge in [-0.2, -0.15) is 0 Å². The Hall–Kier alpha value is -2.93. The second kappa shape index (κ2) is 10.3. The van der Waals surface area contributed by atoms with Crippen molar-refractivity contribution in [1.29, 1.82) is 0 Å². The highest BCUT2D eigenvalue weighted by atomic mass is 35.5. The SMILES string of the molecule is CC(O)(COc1ccc(O)cc1)CN1CCN(c2ccc(Oc3ccc(Cl)cc3)cc2)CC1. The van der Waals surface area contributed by atoms with Crippen molar-refractivity contribution in [2.24, 2.45) is 0 Å². The summed E-state index contributed by atoms with van der Waals surface area (Å²) in [6.07, 6.45) is 0. The highest BCUT2D eigenvalue weighted by Gasteiger charge is 2.27. The van der Waals surface area contributed by atoms with Gasteiger partial charge in [-0.3, -0.25) is 4.90 Å². The number of nitrogens with zero attached hydrogens (tertiary/aromatic N) is 2. The number of β-amino-alcohol motifs (C(OH)–C–C–N with tert-alkyl or cyclic N) is 1. The number of phenols is 1. The molecular formula is C26H29ClN2O4. The fourth-order valence-electron chi connectivity index (χ4n) is 3.84. The molecule has 2 N–H and O–H groups in total. The fraction of sp³-hybridized carbons (Fsp3) is 0.308. The number of benzene rings is 3. The Morgan fingerprint density at radius 3 is 1.97 bits per heavy atom. The van der Waals surface area contributed by atoms with Gasteiger partial charge in [0.05, 0.1) is 0 Å². The van der Waals surface area contributed by atoms with Crippen molar-refractivity contribution < 1.29 is 19.7 Å². The van der Waals surface area contributed by atoms with E-state index in [-0.39, 0.29) is 12.4 Å². The van der Waals surface area contributed by atoms with Crippen LogP contribution >= 0.6 is 11.6 Å². The van der Waals surface area contributed by atoms with Crippen molar-refractivity contribution in [2.75, 3.05) is 44.2 Å². The van der Waals surface area contributed by atoms with Gasteiger partial charge in [0.15, 0.2) is 0 Å². The summed E-state index contributed by atoms with van der Waals surface area (Å²) in [5.74, 6) is 2.35. The van der Waals surface area contributed by atoms with Crippen LogP contribution in [0.15, 0.2) is 72.8 Å². The number of aliphatic hydroxyl groups is 1. The van der Waals surface area contributed by atoms with Gasteiger partial charge < -0.3 is 24.6 Å². The van der Waals surface area contributed by atoms with E-state index in [9.17, 15) is 10.2 Å². The van der Waals surface area contributed by atoms with Crippen LogP contribution in [0.3, 0.4) is 0 Å². The van der Waals surface area contributed by atoms with Crippen molar-refractivity contribution in [3.63, 3.8) is 0 Å². The molecule has 0 saturated carbocycles. The molecule has 1 atom stereocenters. The van der Waals surface area contributed by atoms with Gasteiger partial charge >= 0.3 is 0 Å². The third kappa shape index (κ3) is 6.78. The number of aromatic hydroxyl groups is 1. The summed E-state index contributed by atoms with van der Waals surface area (Å²) in [7, 11) is 0. The van der Waals surface area contributed by atoms with Crippen LogP contribution in [-0.2, 0) is 0 Å². The van der Waals surface area contributed by atoms with Gasteiger partial charge in [-0.1, -0.05) is 11.6 Å². The number of phenolic OH excluding ortho intramolecular Hbond substituents is 1. The van der Waals surface area contributed by atoms with E-state index >= 15 is 0 Å². The standard InChI is InChI=1S/C26H29ClN2O4/c1-26(31,19-32-23-12-6-22(30)7-13-23)18-28-14-16-29(17-15-28)21-4-10-25(11-5-21)33-24-8-2-20(27)3-9-24/h2-13,30-31H,14-19H2,1H3. The summed E-state index contributed by atoms with van der Waals surface area (Å²) in [6.45, 7) is 5.99. The molecule has 174 valence electrons. The summed E-state index contributed by atoms with van der Waals surface area (Å²) in [5, 5.41) is 20.8. The maximum atomic E-state index is 10.8. The van der Waals surface area contributed by atoms with E-state index in [1.807, 2.05) is 36.4 Å². The first-order chi connectivity index (χ1) is 15.9. The molecule has 1 aliphatic heterocycles. The van der Waals surface area contributed by atoms with Gasteiger partial charge in [0.2, 0.25) is 0 Å². The maximum Gasteiger partial charge on any atom is 0.127 e. The lowest BCUT2D eigenvalue weighted by Gasteiger charge is -2.39. The van der Waals surface area contributed by atoms with E-state index in [1.54, 1.807) is 31.2 Å². The molecule has 0 amide bonds. The quantitative estimate of drug-likeness (QED) is 0.495. The van der Waals surface area contributed by atoms with Crippen LogP contribution in [-0.4, -0.2) is 60.0 Å². The molecule has 7 heteroatoms. The molecule has 1 unspecified atom stereocenters. The maximum absolute atomic E-state index is 10.8. The van der Waals surface area contributed by atoms with Gasteiger partial charge in [0.1, 0.15) is 35.2 Å². The Balaban J connectivity index is 1.24. The molecule has 0 aliphatic carbocycles. The molecule has 1 heterocycles. The lowest BCUT2D eigenvalue weighted by atomic mass is 10.1. The monoisotopic (exact) mass is 468 g/mol. The number of hydrogen-bond acceptors (Lipinski definition) is 6. The van der Waals surface area contributed by atoms with E-state index < -0.39 is 5.60 Å². The van der Waals surface area contributed by atoms with Gasteiger partial charge in [0.25, 0.3) is 0 Å². The second-order valence-corrected chi connectivity index (χ2v) is 9.03. The van der Waals surface area contributed by atoms with Crippen molar-refractivity contribution in [2.45, 2.75) is 12.5 Å². The number of piperazine rings is 1. The first kappa shape index (κ1) is 23.2. The second-order valence-electron chi connectivity index (χ2n) is 8.59. The van der Waals surface area contributed by atoms with E-state index in [1.165, 1.54) is 0 Å². The molecule has 0 spiro atoms. The van der Waals surface area contributed by atoms with E-state index in [0.29, 0.717) is 17.3 Å². The van der Waals surface area contributed by atoms with Crippen LogP contribution in [0.5, 0.6) is 23.0 Å².